The molecule has 0 saturated heterocycles. The Morgan fingerprint density at radius 2 is 1.68 bits per heavy atom. The number of amides is 1. The second kappa shape index (κ2) is 7.09. The van der Waals surface area contributed by atoms with Crippen LogP contribution in [-0.2, 0) is 0 Å². The molecule has 4 nitrogen and oxygen atoms in total. The molecule has 0 aliphatic rings. The van der Waals surface area contributed by atoms with Crippen LogP contribution < -0.4 is 10.2 Å². The summed E-state index contributed by atoms with van der Waals surface area (Å²) in [6, 6.07) is 13.4. The van der Waals surface area contributed by atoms with Gasteiger partial charge in [-0.2, -0.15) is 0 Å². The first-order valence-electron chi connectivity index (χ1n) is 7.32. The van der Waals surface area contributed by atoms with Gasteiger partial charge >= 0.3 is 0 Å². The van der Waals surface area contributed by atoms with E-state index in [-0.39, 0.29) is 12.5 Å². The standard InChI is InChI=1S/C18H22N2O2/c1-13-5-4-6-14(2)17(13)18(22)19-15-7-9-16(10-8-15)20(3)11-12-21/h4-10,21H,11-12H2,1-3H3,(H,19,22). The fourth-order valence-electron chi connectivity index (χ4n) is 2.44. The van der Waals surface area contributed by atoms with Gasteiger partial charge in [-0.3, -0.25) is 4.79 Å². The van der Waals surface area contributed by atoms with Gasteiger partial charge in [-0.25, -0.2) is 0 Å². The van der Waals surface area contributed by atoms with Gasteiger partial charge in [-0.15, -0.1) is 0 Å². The van der Waals surface area contributed by atoms with Crippen molar-refractivity contribution in [1.29, 1.82) is 0 Å². The summed E-state index contributed by atoms with van der Waals surface area (Å²) in [6.07, 6.45) is 0. The summed E-state index contributed by atoms with van der Waals surface area (Å²) >= 11 is 0. The third-order valence-electron chi connectivity index (χ3n) is 3.71. The van der Waals surface area contributed by atoms with Crippen molar-refractivity contribution in [2.24, 2.45) is 0 Å². The van der Waals surface area contributed by atoms with Crippen molar-refractivity contribution >= 4 is 17.3 Å². The van der Waals surface area contributed by atoms with Crippen molar-refractivity contribution in [1.82, 2.24) is 0 Å². The molecule has 116 valence electrons. The molecule has 0 saturated carbocycles. The minimum absolute atomic E-state index is 0.0907. The first kappa shape index (κ1) is 16.0. The van der Waals surface area contributed by atoms with Crippen LogP contribution in [0.2, 0.25) is 0 Å². The molecule has 0 atom stereocenters. The van der Waals surface area contributed by atoms with Crippen molar-refractivity contribution in [3.05, 3.63) is 59.2 Å². The predicted octanol–water partition coefficient (Wildman–Crippen LogP) is 2.98. The van der Waals surface area contributed by atoms with Crippen molar-refractivity contribution in [2.45, 2.75) is 13.8 Å². The average molecular weight is 298 g/mol. The van der Waals surface area contributed by atoms with E-state index >= 15 is 0 Å². The maximum absolute atomic E-state index is 12.4. The van der Waals surface area contributed by atoms with E-state index in [9.17, 15) is 4.79 Å². The Kier molecular flexibility index (Phi) is 5.17. The monoisotopic (exact) mass is 298 g/mol. The van der Waals surface area contributed by atoms with Gasteiger partial charge in [0.2, 0.25) is 0 Å². The molecule has 4 heteroatoms. The minimum atomic E-state index is -0.0907. The number of anilines is 2. The quantitative estimate of drug-likeness (QED) is 0.892. The van der Waals surface area contributed by atoms with Gasteiger partial charge in [0.1, 0.15) is 0 Å². The fraction of sp³-hybridized carbons (Fsp3) is 0.278. The number of benzene rings is 2. The highest BCUT2D eigenvalue weighted by Crippen LogP contribution is 2.19. The Morgan fingerprint density at radius 1 is 1.09 bits per heavy atom. The summed E-state index contributed by atoms with van der Waals surface area (Å²) in [5.74, 6) is -0.0907. The highest BCUT2D eigenvalue weighted by atomic mass is 16.3. The summed E-state index contributed by atoms with van der Waals surface area (Å²) in [4.78, 5) is 14.4. The molecule has 0 aromatic heterocycles. The number of nitrogens with one attached hydrogen (secondary N) is 1. The first-order valence-corrected chi connectivity index (χ1v) is 7.32. The van der Waals surface area contributed by atoms with Gasteiger partial charge in [-0.05, 0) is 49.2 Å². The molecule has 0 radical (unpaired) electrons. The van der Waals surface area contributed by atoms with Crippen LogP contribution in [0, 0.1) is 13.8 Å². The Morgan fingerprint density at radius 3 is 2.23 bits per heavy atom. The van der Waals surface area contributed by atoms with E-state index in [0.717, 1.165) is 28.1 Å². The number of aryl methyl sites for hydroxylation is 2. The first-order chi connectivity index (χ1) is 10.5. The summed E-state index contributed by atoms with van der Waals surface area (Å²) < 4.78 is 0. The number of carbonyl (C=O) groups is 1. The van der Waals surface area contributed by atoms with E-state index < -0.39 is 0 Å². The van der Waals surface area contributed by atoms with Gasteiger partial charge < -0.3 is 15.3 Å². The van der Waals surface area contributed by atoms with Crippen LogP contribution in [0.1, 0.15) is 21.5 Å². The SMILES string of the molecule is Cc1cccc(C)c1C(=O)Nc1ccc(N(C)CCO)cc1. The molecular weight excluding hydrogens is 276 g/mol. The van der Waals surface area contributed by atoms with E-state index in [1.807, 2.05) is 68.3 Å². The van der Waals surface area contributed by atoms with E-state index in [1.165, 1.54) is 0 Å². The van der Waals surface area contributed by atoms with Crippen LogP contribution in [0.5, 0.6) is 0 Å². The number of likely N-dealkylation sites (N-methyl/N-ethyl adjacent to an activating group) is 1. The number of aliphatic hydroxyl groups is 1. The molecule has 0 fully saturated rings. The van der Waals surface area contributed by atoms with Gasteiger partial charge in [0, 0.05) is 30.5 Å². The van der Waals surface area contributed by atoms with Crippen LogP contribution >= 0.6 is 0 Å². The molecule has 0 aliphatic heterocycles. The second-order valence-electron chi connectivity index (χ2n) is 5.41. The molecule has 0 spiro atoms. The molecule has 22 heavy (non-hydrogen) atoms. The molecule has 2 aromatic carbocycles. The van der Waals surface area contributed by atoms with Gasteiger partial charge in [-0.1, -0.05) is 18.2 Å². The number of aliphatic hydroxyl groups excluding tert-OH is 1. The number of rotatable bonds is 5. The zero-order chi connectivity index (χ0) is 16.1. The third-order valence-corrected chi connectivity index (χ3v) is 3.71. The predicted molar refractivity (Wildman–Crippen MR) is 90.7 cm³/mol. The zero-order valence-electron chi connectivity index (χ0n) is 13.3. The zero-order valence-corrected chi connectivity index (χ0v) is 13.3. The molecule has 0 unspecified atom stereocenters. The van der Waals surface area contributed by atoms with E-state index in [1.54, 1.807) is 0 Å². The molecular formula is C18H22N2O2. The third kappa shape index (κ3) is 3.65. The van der Waals surface area contributed by atoms with Crippen LogP contribution in [0.4, 0.5) is 11.4 Å². The maximum Gasteiger partial charge on any atom is 0.256 e. The lowest BCUT2D eigenvalue weighted by Gasteiger charge is -2.18. The lowest BCUT2D eigenvalue weighted by Crippen LogP contribution is -2.21. The highest BCUT2D eigenvalue weighted by molar-refractivity contribution is 6.06. The normalized spacial score (nSPS) is 10.4. The van der Waals surface area contributed by atoms with Crippen molar-refractivity contribution in [3.8, 4) is 0 Å². The Balaban J connectivity index is 2.12. The Labute approximate surface area is 131 Å². The van der Waals surface area contributed by atoms with Crippen LogP contribution in [-0.4, -0.2) is 31.2 Å². The second-order valence-corrected chi connectivity index (χ2v) is 5.41. The molecule has 0 aliphatic carbocycles. The smallest absolute Gasteiger partial charge is 0.256 e. The Hall–Kier alpha value is -2.33. The van der Waals surface area contributed by atoms with E-state index in [4.69, 9.17) is 5.11 Å². The van der Waals surface area contributed by atoms with Crippen LogP contribution in [0.15, 0.2) is 42.5 Å². The largest absolute Gasteiger partial charge is 0.395 e. The lowest BCUT2D eigenvalue weighted by atomic mass is 10.0. The van der Waals surface area contributed by atoms with E-state index in [2.05, 4.69) is 5.32 Å². The molecule has 2 rings (SSSR count). The van der Waals surface area contributed by atoms with Crippen LogP contribution in [0.25, 0.3) is 0 Å². The fourth-order valence-corrected chi connectivity index (χ4v) is 2.44. The summed E-state index contributed by atoms with van der Waals surface area (Å²) in [6.45, 7) is 4.57. The molecule has 2 N–H and O–H groups in total. The van der Waals surface area contributed by atoms with Crippen molar-refractivity contribution in [2.75, 3.05) is 30.4 Å². The van der Waals surface area contributed by atoms with Crippen molar-refractivity contribution < 1.29 is 9.90 Å². The van der Waals surface area contributed by atoms with Gasteiger partial charge in [0.25, 0.3) is 5.91 Å². The van der Waals surface area contributed by atoms with Gasteiger partial charge in [0.15, 0.2) is 0 Å². The molecule has 1 amide bonds. The summed E-state index contributed by atoms with van der Waals surface area (Å²) in [5, 5.41) is 11.9. The van der Waals surface area contributed by atoms with Gasteiger partial charge in [0.05, 0.1) is 6.61 Å². The number of hydrogen-bond donors (Lipinski definition) is 2. The average Bonchev–Trinajstić information content (AvgIpc) is 2.48. The number of hydrogen-bond acceptors (Lipinski definition) is 3. The molecule has 0 heterocycles. The number of nitrogens with zero attached hydrogens (tertiary/aromatic N) is 1. The Bertz CT molecular complexity index is 630. The minimum Gasteiger partial charge on any atom is -0.395 e. The summed E-state index contributed by atoms with van der Waals surface area (Å²) in [5.41, 5.74) is 4.42. The molecule has 0 bridgehead atoms. The topological polar surface area (TPSA) is 52.6 Å². The summed E-state index contributed by atoms with van der Waals surface area (Å²) in [7, 11) is 1.92. The van der Waals surface area contributed by atoms with Crippen molar-refractivity contribution in [3.63, 3.8) is 0 Å². The van der Waals surface area contributed by atoms with E-state index in [0.29, 0.717) is 6.54 Å². The highest BCUT2D eigenvalue weighted by Gasteiger charge is 2.12. The van der Waals surface area contributed by atoms with Crippen LogP contribution in [0.3, 0.4) is 0 Å². The molecule has 2 aromatic rings. The maximum atomic E-state index is 12.4. The lowest BCUT2D eigenvalue weighted by molar-refractivity contribution is 0.102. The number of carbonyl (C=O) groups excluding carboxylic acids is 1.